The average Bonchev–Trinajstić information content (AvgIpc) is 2.98. The fourth-order valence-corrected chi connectivity index (χ4v) is 2.83. The molecule has 0 spiro atoms. The fourth-order valence-electron chi connectivity index (χ4n) is 2.83. The van der Waals surface area contributed by atoms with E-state index in [2.05, 4.69) is 51.4 Å². The molecular formula is C19H19N5. The standard InChI is InChI=1S/C19H19N5/c1-13-7-9-14(10-8-13)11-12-24(2)19-21-18-17(22-23-19)15-5-3-4-6-16(15)20-18/h3-10H,11-12H2,1-2H3,(H,20,21,23). The minimum absolute atomic E-state index is 0.640. The molecule has 0 saturated carbocycles. The Morgan fingerprint density at radius 3 is 2.62 bits per heavy atom. The molecule has 24 heavy (non-hydrogen) atoms. The first-order valence-corrected chi connectivity index (χ1v) is 8.08. The van der Waals surface area contributed by atoms with Gasteiger partial charge < -0.3 is 9.88 Å². The van der Waals surface area contributed by atoms with Crippen LogP contribution in [0.5, 0.6) is 0 Å². The number of hydrogen-bond acceptors (Lipinski definition) is 4. The topological polar surface area (TPSA) is 57.7 Å². The van der Waals surface area contributed by atoms with Crippen molar-refractivity contribution in [1.82, 2.24) is 20.2 Å². The SMILES string of the molecule is Cc1ccc(CCN(C)c2nnc3c(n2)[nH]c2ccccc23)cc1. The first-order valence-electron chi connectivity index (χ1n) is 8.08. The molecule has 0 radical (unpaired) electrons. The van der Waals surface area contributed by atoms with Gasteiger partial charge in [0.25, 0.3) is 0 Å². The molecule has 0 aliphatic carbocycles. The van der Waals surface area contributed by atoms with Crippen molar-refractivity contribution >= 4 is 28.0 Å². The van der Waals surface area contributed by atoms with Crippen molar-refractivity contribution in [2.24, 2.45) is 0 Å². The Kier molecular flexibility index (Phi) is 3.61. The molecule has 0 aliphatic rings. The molecule has 5 nitrogen and oxygen atoms in total. The average molecular weight is 317 g/mol. The summed E-state index contributed by atoms with van der Waals surface area (Å²) in [7, 11) is 2.00. The van der Waals surface area contributed by atoms with Crippen LogP contribution in [0.15, 0.2) is 48.5 Å². The van der Waals surface area contributed by atoms with Crippen molar-refractivity contribution in [2.75, 3.05) is 18.5 Å². The van der Waals surface area contributed by atoms with Crippen molar-refractivity contribution in [1.29, 1.82) is 0 Å². The Morgan fingerprint density at radius 2 is 1.79 bits per heavy atom. The summed E-state index contributed by atoms with van der Waals surface area (Å²) in [6, 6.07) is 16.7. The van der Waals surface area contributed by atoms with Crippen LogP contribution >= 0.6 is 0 Å². The zero-order chi connectivity index (χ0) is 16.5. The van der Waals surface area contributed by atoms with Crippen LogP contribution in [0.25, 0.3) is 22.1 Å². The number of nitrogens with one attached hydrogen (secondary N) is 1. The van der Waals surface area contributed by atoms with Crippen molar-refractivity contribution < 1.29 is 0 Å². The summed E-state index contributed by atoms with van der Waals surface area (Å²) < 4.78 is 0. The monoisotopic (exact) mass is 317 g/mol. The predicted molar refractivity (Wildman–Crippen MR) is 97.3 cm³/mol. The molecule has 2 heterocycles. The largest absolute Gasteiger partial charge is 0.342 e. The molecule has 5 heteroatoms. The fraction of sp³-hybridized carbons (Fsp3) is 0.211. The number of benzene rings is 2. The number of hydrogen-bond donors (Lipinski definition) is 1. The second-order valence-corrected chi connectivity index (χ2v) is 6.14. The Balaban J connectivity index is 1.56. The number of aromatic nitrogens is 4. The summed E-state index contributed by atoms with van der Waals surface area (Å²) in [5.74, 6) is 0.640. The predicted octanol–water partition coefficient (Wildman–Crippen LogP) is 3.49. The van der Waals surface area contributed by atoms with E-state index in [0.29, 0.717) is 5.95 Å². The smallest absolute Gasteiger partial charge is 0.247 e. The third kappa shape index (κ3) is 2.69. The highest BCUT2D eigenvalue weighted by Crippen LogP contribution is 2.22. The van der Waals surface area contributed by atoms with E-state index in [1.165, 1.54) is 11.1 Å². The Hall–Kier alpha value is -2.95. The Bertz CT molecular complexity index is 988. The maximum Gasteiger partial charge on any atom is 0.247 e. The van der Waals surface area contributed by atoms with Gasteiger partial charge >= 0.3 is 0 Å². The van der Waals surface area contributed by atoms with Gasteiger partial charge in [-0.2, -0.15) is 4.98 Å². The molecule has 0 fully saturated rings. The molecule has 2 aromatic carbocycles. The lowest BCUT2D eigenvalue weighted by atomic mass is 10.1. The number of aryl methyl sites for hydroxylation is 1. The lowest BCUT2D eigenvalue weighted by Crippen LogP contribution is -2.23. The van der Waals surface area contributed by atoms with E-state index in [4.69, 9.17) is 0 Å². The number of aromatic amines is 1. The molecule has 0 unspecified atom stereocenters. The van der Waals surface area contributed by atoms with E-state index in [9.17, 15) is 0 Å². The lowest BCUT2D eigenvalue weighted by Gasteiger charge is -2.16. The van der Waals surface area contributed by atoms with Gasteiger partial charge in [-0.1, -0.05) is 48.0 Å². The normalized spacial score (nSPS) is 11.2. The zero-order valence-corrected chi connectivity index (χ0v) is 13.8. The minimum Gasteiger partial charge on any atom is -0.342 e. The second kappa shape index (κ2) is 5.92. The Labute approximate surface area is 140 Å². The molecule has 4 rings (SSSR count). The van der Waals surface area contributed by atoms with Crippen LogP contribution in [0.2, 0.25) is 0 Å². The van der Waals surface area contributed by atoms with Gasteiger partial charge in [0.2, 0.25) is 5.95 Å². The van der Waals surface area contributed by atoms with Crippen LogP contribution in [0.3, 0.4) is 0 Å². The maximum atomic E-state index is 4.64. The van der Waals surface area contributed by atoms with Crippen LogP contribution in [0, 0.1) is 6.92 Å². The number of rotatable bonds is 4. The zero-order valence-electron chi connectivity index (χ0n) is 13.8. The van der Waals surface area contributed by atoms with E-state index in [-0.39, 0.29) is 0 Å². The van der Waals surface area contributed by atoms with Gasteiger partial charge in [-0.15, -0.1) is 10.2 Å². The van der Waals surface area contributed by atoms with E-state index < -0.39 is 0 Å². The number of nitrogens with zero attached hydrogens (tertiary/aromatic N) is 4. The summed E-state index contributed by atoms with van der Waals surface area (Å²) >= 11 is 0. The second-order valence-electron chi connectivity index (χ2n) is 6.14. The third-order valence-corrected chi connectivity index (χ3v) is 4.31. The van der Waals surface area contributed by atoms with Crippen LogP contribution in [-0.2, 0) is 6.42 Å². The summed E-state index contributed by atoms with van der Waals surface area (Å²) in [5, 5.41) is 9.73. The van der Waals surface area contributed by atoms with E-state index >= 15 is 0 Å². The summed E-state index contributed by atoms with van der Waals surface area (Å²) in [6.45, 7) is 2.95. The minimum atomic E-state index is 0.640. The Morgan fingerprint density at radius 1 is 1.00 bits per heavy atom. The van der Waals surface area contributed by atoms with E-state index in [1.54, 1.807) is 0 Å². The van der Waals surface area contributed by atoms with Crippen LogP contribution in [0.4, 0.5) is 5.95 Å². The number of para-hydroxylation sites is 1. The summed E-state index contributed by atoms with van der Waals surface area (Å²) in [5.41, 5.74) is 5.23. The number of likely N-dealkylation sites (N-methyl/N-ethyl adjacent to an activating group) is 1. The van der Waals surface area contributed by atoms with Crippen LogP contribution in [0.1, 0.15) is 11.1 Å². The molecule has 0 saturated heterocycles. The highest BCUT2D eigenvalue weighted by molar-refractivity contribution is 6.03. The molecule has 120 valence electrons. The van der Waals surface area contributed by atoms with Gasteiger partial charge in [0, 0.05) is 24.5 Å². The highest BCUT2D eigenvalue weighted by Gasteiger charge is 2.11. The van der Waals surface area contributed by atoms with E-state index in [0.717, 1.165) is 35.0 Å². The van der Waals surface area contributed by atoms with Crippen LogP contribution in [-0.4, -0.2) is 33.8 Å². The number of anilines is 1. The quantitative estimate of drug-likeness (QED) is 0.626. The van der Waals surface area contributed by atoms with Crippen molar-refractivity contribution in [3.05, 3.63) is 59.7 Å². The van der Waals surface area contributed by atoms with E-state index in [1.807, 2.05) is 36.2 Å². The molecule has 1 N–H and O–H groups in total. The molecular weight excluding hydrogens is 298 g/mol. The number of H-pyrrole nitrogens is 1. The number of fused-ring (bicyclic) bond motifs is 3. The maximum absolute atomic E-state index is 4.64. The van der Waals surface area contributed by atoms with Gasteiger partial charge in [-0.3, -0.25) is 0 Å². The lowest BCUT2D eigenvalue weighted by molar-refractivity contribution is 0.822. The molecule has 4 aromatic rings. The molecule has 2 aromatic heterocycles. The third-order valence-electron chi connectivity index (χ3n) is 4.31. The van der Waals surface area contributed by atoms with Gasteiger partial charge in [-0.25, -0.2) is 0 Å². The first kappa shape index (κ1) is 14.6. The summed E-state index contributed by atoms with van der Waals surface area (Å²) in [6.07, 6.45) is 0.949. The molecule has 0 atom stereocenters. The summed E-state index contributed by atoms with van der Waals surface area (Å²) in [4.78, 5) is 9.99. The van der Waals surface area contributed by atoms with Crippen LogP contribution < -0.4 is 4.90 Å². The van der Waals surface area contributed by atoms with Crippen molar-refractivity contribution in [2.45, 2.75) is 13.3 Å². The molecule has 0 amide bonds. The van der Waals surface area contributed by atoms with Gasteiger partial charge in [0.05, 0.1) is 0 Å². The van der Waals surface area contributed by atoms with Gasteiger partial charge in [0.15, 0.2) is 5.65 Å². The molecule has 0 bridgehead atoms. The van der Waals surface area contributed by atoms with Crippen molar-refractivity contribution in [3.8, 4) is 0 Å². The van der Waals surface area contributed by atoms with Gasteiger partial charge in [-0.05, 0) is 25.0 Å². The highest BCUT2D eigenvalue weighted by atomic mass is 15.3. The molecule has 0 aliphatic heterocycles. The van der Waals surface area contributed by atoms with Gasteiger partial charge in [0.1, 0.15) is 5.52 Å². The first-order chi connectivity index (χ1) is 11.7. The van der Waals surface area contributed by atoms with Crippen molar-refractivity contribution in [3.63, 3.8) is 0 Å².